The highest BCUT2D eigenvalue weighted by molar-refractivity contribution is 6.02. The van der Waals surface area contributed by atoms with E-state index in [0.29, 0.717) is 0 Å². The SMILES string of the molecule is Cc1ccncc1-c1ccnc(C(=O)Nc2ccc(F)cn2)c1. The summed E-state index contributed by atoms with van der Waals surface area (Å²) in [7, 11) is 0. The Hall–Kier alpha value is -3.15. The van der Waals surface area contributed by atoms with E-state index in [1.54, 1.807) is 24.7 Å². The van der Waals surface area contributed by atoms with Crippen molar-refractivity contribution in [3.63, 3.8) is 0 Å². The summed E-state index contributed by atoms with van der Waals surface area (Å²) in [5.74, 6) is -0.608. The van der Waals surface area contributed by atoms with Crippen molar-refractivity contribution in [2.24, 2.45) is 0 Å². The molecule has 3 heterocycles. The van der Waals surface area contributed by atoms with Gasteiger partial charge in [-0.05, 0) is 48.4 Å². The molecular weight excluding hydrogens is 295 g/mol. The lowest BCUT2D eigenvalue weighted by Crippen LogP contribution is -2.14. The fourth-order valence-electron chi connectivity index (χ4n) is 2.12. The average Bonchev–Trinajstić information content (AvgIpc) is 2.57. The summed E-state index contributed by atoms with van der Waals surface area (Å²) in [6.45, 7) is 1.97. The lowest BCUT2D eigenvalue weighted by atomic mass is 10.0. The fourth-order valence-corrected chi connectivity index (χ4v) is 2.12. The van der Waals surface area contributed by atoms with E-state index in [1.165, 1.54) is 12.1 Å². The van der Waals surface area contributed by atoms with Gasteiger partial charge in [-0.2, -0.15) is 0 Å². The van der Waals surface area contributed by atoms with Crippen molar-refractivity contribution in [3.05, 3.63) is 72.2 Å². The third-order valence-electron chi connectivity index (χ3n) is 3.31. The molecule has 0 unspecified atom stereocenters. The first kappa shape index (κ1) is 14.8. The number of halogens is 1. The molecule has 0 aliphatic carbocycles. The van der Waals surface area contributed by atoms with Crippen molar-refractivity contribution >= 4 is 11.7 Å². The van der Waals surface area contributed by atoms with Gasteiger partial charge in [-0.15, -0.1) is 0 Å². The van der Waals surface area contributed by atoms with Gasteiger partial charge in [0.1, 0.15) is 17.3 Å². The summed E-state index contributed by atoms with van der Waals surface area (Å²) in [4.78, 5) is 24.2. The number of hydrogen-bond donors (Lipinski definition) is 1. The Labute approximate surface area is 132 Å². The van der Waals surface area contributed by atoms with Crippen molar-refractivity contribution in [2.45, 2.75) is 6.92 Å². The summed E-state index contributed by atoms with van der Waals surface area (Å²) >= 11 is 0. The molecule has 0 fully saturated rings. The van der Waals surface area contributed by atoms with Gasteiger partial charge in [-0.3, -0.25) is 14.8 Å². The summed E-state index contributed by atoms with van der Waals surface area (Å²) in [6.07, 6.45) is 6.06. The van der Waals surface area contributed by atoms with Crippen LogP contribution in [0.25, 0.3) is 11.1 Å². The zero-order valence-corrected chi connectivity index (χ0v) is 12.3. The second-order valence-electron chi connectivity index (χ2n) is 4.94. The Bertz CT molecular complexity index is 849. The summed E-state index contributed by atoms with van der Waals surface area (Å²) in [5, 5.41) is 2.58. The van der Waals surface area contributed by atoms with Gasteiger partial charge in [0.15, 0.2) is 0 Å². The number of anilines is 1. The molecule has 114 valence electrons. The number of carbonyl (C=O) groups excluding carboxylic acids is 1. The predicted molar refractivity (Wildman–Crippen MR) is 84.4 cm³/mol. The van der Waals surface area contributed by atoms with E-state index in [2.05, 4.69) is 20.3 Å². The van der Waals surface area contributed by atoms with E-state index in [1.807, 2.05) is 19.1 Å². The summed E-state index contributed by atoms with van der Waals surface area (Å²) < 4.78 is 12.8. The number of nitrogens with zero attached hydrogens (tertiary/aromatic N) is 3. The van der Waals surface area contributed by atoms with Crippen LogP contribution in [0.2, 0.25) is 0 Å². The molecule has 23 heavy (non-hydrogen) atoms. The number of hydrogen-bond acceptors (Lipinski definition) is 4. The van der Waals surface area contributed by atoms with Gasteiger partial charge in [-0.25, -0.2) is 9.37 Å². The third-order valence-corrected chi connectivity index (χ3v) is 3.31. The van der Waals surface area contributed by atoms with Crippen molar-refractivity contribution in [3.8, 4) is 11.1 Å². The molecule has 0 atom stereocenters. The van der Waals surface area contributed by atoms with Crippen molar-refractivity contribution in [1.29, 1.82) is 0 Å². The van der Waals surface area contributed by atoms with Crippen LogP contribution in [0, 0.1) is 12.7 Å². The highest BCUT2D eigenvalue weighted by atomic mass is 19.1. The molecule has 0 spiro atoms. The lowest BCUT2D eigenvalue weighted by Gasteiger charge is -2.07. The Kier molecular flexibility index (Phi) is 4.05. The molecule has 0 saturated carbocycles. The van der Waals surface area contributed by atoms with Gasteiger partial charge in [-0.1, -0.05) is 0 Å². The molecule has 3 rings (SSSR count). The number of rotatable bonds is 3. The molecule has 1 amide bonds. The molecular formula is C17H13FN4O. The fraction of sp³-hybridized carbons (Fsp3) is 0.0588. The molecule has 0 bridgehead atoms. The van der Waals surface area contributed by atoms with Crippen LogP contribution in [0.15, 0.2) is 55.1 Å². The molecule has 0 radical (unpaired) electrons. The largest absolute Gasteiger partial charge is 0.305 e. The normalized spacial score (nSPS) is 10.3. The summed E-state index contributed by atoms with van der Waals surface area (Å²) in [5.41, 5.74) is 3.08. The van der Waals surface area contributed by atoms with Gasteiger partial charge >= 0.3 is 0 Å². The van der Waals surface area contributed by atoms with Crippen LogP contribution >= 0.6 is 0 Å². The lowest BCUT2D eigenvalue weighted by molar-refractivity contribution is 0.102. The van der Waals surface area contributed by atoms with Crippen LogP contribution in [-0.2, 0) is 0 Å². The highest BCUT2D eigenvalue weighted by Gasteiger charge is 2.11. The zero-order valence-electron chi connectivity index (χ0n) is 12.3. The first-order valence-corrected chi connectivity index (χ1v) is 6.93. The van der Waals surface area contributed by atoms with Crippen LogP contribution in [0.3, 0.4) is 0 Å². The Morgan fingerprint density at radius 1 is 1.09 bits per heavy atom. The number of carbonyl (C=O) groups is 1. The second-order valence-corrected chi connectivity index (χ2v) is 4.94. The smallest absolute Gasteiger partial charge is 0.275 e. The second kappa shape index (κ2) is 6.31. The first-order chi connectivity index (χ1) is 11.1. The van der Waals surface area contributed by atoms with E-state index in [4.69, 9.17) is 0 Å². The maximum absolute atomic E-state index is 12.8. The maximum Gasteiger partial charge on any atom is 0.275 e. The van der Waals surface area contributed by atoms with Gasteiger partial charge in [0.2, 0.25) is 0 Å². The molecule has 0 aliphatic heterocycles. The number of pyridine rings is 3. The Morgan fingerprint density at radius 3 is 2.70 bits per heavy atom. The number of aromatic nitrogens is 3. The minimum Gasteiger partial charge on any atom is -0.305 e. The standard InChI is InChI=1S/C17H13FN4O/c1-11-4-6-19-10-14(11)12-5-7-20-15(8-12)17(23)22-16-3-2-13(18)9-21-16/h2-10H,1H3,(H,21,22,23). The van der Waals surface area contributed by atoms with E-state index in [0.717, 1.165) is 22.9 Å². The monoisotopic (exact) mass is 308 g/mol. The van der Waals surface area contributed by atoms with E-state index in [9.17, 15) is 9.18 Å². The number of nitrogens with one attached hydrogen (secondary N) is 1. The average molecular weight is 308 g/mol. The zero-order chi connectivity index (χ0) is 16.2. The number of aryl methyl sites for hydroxylation is 1. The third kappa shape index (κ3) is 3.37. The van der Waals surface area contributed by atoms with Gasteiger partial charge in [0.25, 0.3) is 5.91 Å². The quantitative estimate of drug-likeness (QED) is 0.806. The van der Waals surface area contributed by atoms with Crippen LogP contribution in [0.5, 0.6) is 0 Å². The molecule has 1 N–H and O–H groups in total. The van der Waals surface area contributed by atoms with Gasteiger partial charge < -0.3 is 5.32 Å². The Morgan fingerprint density at radius 2 is 1.96 bits per heavy atom. The van der Waals surface area contributed by atoms with Crippen molar-refractivity contribution in [2.75, 3.05) is 5.32 Å². The summed E-state index contributed by atoms with van der Waals surface area (Å²) in [6, 6.07) is 8.02. The predicted octanol–water partition coefficient (Wildman–Crippen LogP) is 3.24. The van der Waals surface area contributed by atoms with E-state index < -0.39 is 11.7 Å². The van der Waals surface area contributed by atoms with Gasteiger partial charge in [0, 0.05) is 24.2 Å². The molecule has 0 saturated heterocycles. The number of amides is 1. The minimum absolute atomic E-state index is 0.247. The molecule has 3 aromatic rings. The molecule has 3 aromatic heterocycles. The highest BCUT2D eigenvalue weighted by Crippen LogP contribution is 2.22. The molecule has 0 aliphatic rings. The van der Waals surface area contributed by atoms with Crippen molar-refractivity contribution in [1.82, 2.24) is 15.0 Å². The Balaban J connectivity index is 1.86. The van der Waals surface area contributed by atoms with Crippen molar-refractivity contribution < 1.29 is 9.18 Å². The van der Waals surface area contributed by atoms with E-state index >= 15 is 0 Å². The molecule has 5 nitrogen and oxygen atoms in total. The molecule has 0 aromatic carbocycles. The van der Waals surface area contributed by atoms with Crippen LogP contribution < -0.4 is 5.32 Å². The van der Waals surface area contributed by atoms with Crippen LogP contribution in [0.4, 0.5) is 10.2 Å². The minimum atomic E-state index is -0.463. The first-order valence-electron chi connectivity index (χ1n) is 6.93. The van der Waals surface area contributed by atoms with Crippen LogP contribution in [0.1, 0.15) is 16.1 Å². The van der Waals surface area contributed by atoms with Gasteiger partial charge in [0.05, 0.1) is 6.20 Å². The van der Waals surface area contributed by atoms with Crippen LogP contribution in [-0.4, -0.2) is 20.9 Å². The van der Waals surface area contributed by atoms with E-state index in [-0.39, 0.29) is 11.5 Å². The molecule has 6 heteroatoms. The topological polar surface area (TPSA) is 67.8 Å². The maximum atomic E-state index is 12.8.